The first-order chi connectivity index (χ1) is 8.59. The average Bonchev–Trinajstić information content (AvgIpc) is 2.33. The molecule has 1 rings (SSSR count). The summed E-state index contributed by atoms with van der Waals surface area (Å²) in [5.41, 5.74) is 0. The van der Waals surface area contributed by atoms with Crippen molar-refractivity contribution in [3.8, 4) is 0 Å². The van der Waals surface area contributed by atoms with Gasteiger partial charge in [0.1, 0.15) is 0 Å². The highest BCUT2D eigenvalue weighted by molar-refractivity contribution is 5.75. The van der Waals surface area contributed by atoms with Crippen molar-refractivity contribution in [1.29, 1.82) is 0 Å². The molecule has 0 saturated heterocycles. The van der Waals surface area contributed by atoms with Gasteiger partial charge in [0.05, 0.1) is 6.10 Å². The Kier molecular flexibility index (Phi) is 6.72. The topological polar surface area (TPSA) is 86.6 Å². The van der Waals surface area contributed by atoms with Gasteiger partial charge in [-0.1, -0.05) is 12.8 Å². The maximum Gasteiger partial charge on any atom is 0.303 e. The Morgan fingerprint density at radius 2 is 1.78 bits per heavy atom. The molecule has 0 aromatic heterocycles. The van der Waals surface area contributed by atoms with Crippen molar-refractivity contribution in [3.05, 3.63) is 0 Å². The zero-order valence-corrected chi connectivity index (χ0v) is 10.7. The molecule has 18 heavy (non-hydrogen) atoms. The summed E-state index contributed by atoms with van der Waals surface area (Å²) < 4.78 is 0. The lowest BCUT2D eigenvalue weighted by atomic mass is 9.86. The van der Waals surface area contributed by atoms with E-state index in [1.54, 1.807) is 0 Å². The minimum absolute atomic E-state index is 0.0434. The van der Waals surface area contributed by atoms with Crippen molar-refractivity contribution < 1.29 is 19.8 Å². The third-order valence-electron chi connectivity index (χ3n) is 3.47. The molecule has 0 aromatic rings. The highest BCUT2D eigenvalue weighted by Crippen LogP contribution is 2.23. The number of carbonyl (C=O) groups excluding carboxylic acids is 1. The molecule has 1 aliphatic carbocycles. The van der Waals surface area contributed by atoms with E-state index in [4.69, 9.17) is 5.11 Å². The summed E-state index contributed by atoms with van der Waals surface area (Å²) in [6, 6.07) is 0. The predicted molar refractivity (Wildman–Crippen MR) is 67.1 cm³/mol. The summed E-state index contributed by atoms with van der Waals surface area (Å²) in [6.07, 6.45) is 5.34. The molecular weight excluding hydrogens is 234 g/mol. The van der Waals surface area contributed by atoms with Gasteiger partial charge >= 0.3 is 5.97 Å². The van der Waals surface area contributed by atoms with E-state index in [2.05, 4.69) is 5.32 Å². The number of unbranched alkanes of at least 4 members (excludes halogenated alkanes) is 1. The van der Waals surface area contributed by atoms with Crippen LogP contribution in [0, 0.1) is 5.92 Å². The summed E-state index contributed by atoms with van der Waals surface area (Å²) in [5.74, 6) is -0.680. The number of hydrogen-bond donors (Lipinski definition) is 3. The first kappa shape index (κ1) is 15.0. The molecule has 1 saturated carbocycles. The first-order valence-electron chi connectivity index (χ1n) is 6.76. The molecule has 5 nitrogen and oxygen atoms in total. The number of carboxylic acid groups (broad SMARTS) is 1. The maximum atomic E-state index is 11.5. The second-order valence-corrected chi connectivity index (χ2v) is 5.02. The van der Waals surface area contributed by atoms with Gasteiger partial charge in [0, 0.05) is 25.3 Å². The zero-order valence-electron chi connectivity index (χ0n) is 10.7. The van der Waals surface area contributed by atoms with Crippen molar-refractivity contribution >= 4 is 11.9 Å². The number of aliphatic hydroxyl groups is 1. The zero-order chi connectivity index (χ0) is 13.4. The third kappa shape index (κ3) is 6.00. The van der Waals surface area contributed by atoms with Crippen LogP contribution >= 0.6 is 0 Å². The number of hydrogen-bond acceptors (Lipinski definition) is 3. The molecule has 2 atom stereocenters. The van der Waals surface area contributed by atoms with Crippen LogP contribution in [-0.4, -0.2) is 34.7 Å². The molecular formula is C13H23NO4. The molecule has 5 heteroatoms. The number of carbonyl (C=O) groups is 2. The van der Waals surface area contributed by atoms with Gasteiger partial charge in [-0.3, -0.25) is 9.59 Å². The Morgan fingerprint density at radius 1 is 1.11 bits per heavy atom. The molecule has 2 unspecified atom stereocenters. The summed E-state index contributed by atoms with van der Waals surface area (Å²) in [6.45, 7) is 0.541. The number of carboxylic acids is 1. The molecule has 0 radical (unpaired) electrons. The van der Waals surface area contributed by atoms with E-state index in [0.29, 0.717) is 25.8 Å². The summed E-state index contributed by atoms with van der Waals surface area (Å²) >= 11 is 0. The normalized spacial score (nSPS) is 23.6. The Balaban J connectivity index is 2.07. The molecule has 0 spiro atoms. The van der Waals surface area contributed by atoms with Gasteiger partial charge in [0.25, 0.3) is 0 Å². The van der Waals surface area contributed by atoms with E-state index >= 15 is 0 Å². The summed E-state index contributed by atoms with van der Waals surface area (Å²) in [4.78, 5) is 21.8. The maximum absolute atomic E-state index is 11.5. The minimum atomic E-state index is -0.819. The van der Waals surface area contributed by atoms with E-state index in [1.165, 1.54) is 0 Å². The number of amides is 1. The molecule has 0 aromatic carbocycles. The van der Waals surface area contributed by atoms with Crippen molar-refractivity contribution in [1.82, 2.24) is 5.32 Å². The van der Waals surface area contributed by atoms with Gasteiger partial charge in [-0.15, -0.1) is 0 Å². The van der Waals surface area contributed by atoms with Gasteiger partial charge < -0.3 is 15.5 Å². The molecule has 104 valence electrons. The Morgan fingerprint density at radius 3 is 2.44 bits per heavy atom. The highest BCUT2D eigenvalue weighted by atomic mass is 16.4. The Bertz CT molecular complexity index is 280. The van der Waals surface area contributed by atoms with E-state index in [0.717, 1.165) is 25.7 Å². The largest absolute Gasteiger partial charge is 0.481 e. The van der Waals surface area contributed by atoms with E-state index in [1.807, 2.05) is 0 Å². The molecule has 3 N–H and O–H groups in total. The van der Waals surface area contributed by atoms with Gasteiger partial charge in [-0.25, -0.2) is 0 Å². The van der Waals surface area contributed by atoms with Gasteiger partial charge in [0.2, 0.25) is 5.91 Å². The van der Waals surface area contributed by atoms with Gasteiger partial charge in [-0.05, 0) is 25.7 Å². The molecule has 0 aliphatic heterocycles. The van der Waals surface area contributed by atoms with Gasteiger partial charge in [0.15, 0.2) is 0 Å². The quantitative estimate of drug-likeness (QED) is 0.600. The summed E-state index contributed by atoms with van der Waals surface area (Å²) in [5, 5.41) is 21.0. The molecule has 1 fully saturated rings. The molecule has 0 heterocycles. The number of rotatable bonds is 7. The van der Waals surface area contributed by atoms with Crippen LogP contribution in [0.5, 0.6) is 0 Å². The van der Waals surface area contributed by atoms with Crippen LogP contribution in [0.4, 0.5) is 0 Å². The van der Waals surface area contributed by atoms with E-state index < -0.39 is 5.97 Å². The van der Waals surface area contributed by atoms with Crippen LogP contribution in [0.1, 0.15) is 51.4 Å². The fourth-order valence-corrected chi connectivity index (χ4v) is 2.32. The lowest BCUT2D eigenvalue weighted by Crippen LogP contribution is -2.36. The van der Waals surface area contributed by atoms with Crippen LogP contribution in [0.3, 0.4) is 0 Å². The SMILES string of the molecule is O=C(O)CCCCC(=O)NCC1CCCCC1O. The second-order valence-electron chi connectivity index (χ2n) is 5.02. The van der Waals surface area contributed by atoms with Crippen LogP contribution in [0.15, 0.2) is 0 Å². The van der Waals surface area contributed by atoms with E-state index in [9.17, 15) is 14.7 Å². The van der Waals surface area contributed by atoms with Crippen molar-refractivity contribution in [2.24, 2.45) is 5.92 Å². The number of aliphatic hydroxyl groups excluding tert-OH is 1. The van der Waals surface area contributed by atoms with Crippen molar-refractivity contribution in [2.75, 3.05) is 6.54 Å². The molecule has 1 amide bonds. The van der Waals surface area contributed by atoms with Crippen LogP contribution < -0.4 is 5.32 Å². The minimum Gasteiger partial charge on any atom is -0.481 e. The second kappa shape index (κ2) is 8.08. The fourth-order valence-electron chi connectivity index (χ4n) is 2.32. The third-order valence-corrected chi connectivity index (χ3v) is 3.47. The highest BCUT2D eigenvalue weighted by Gasteiger charge is 2.23. The Labute approximate surface area is 108 Å². The fraction of sp³-hybridized carbons (Fsp3) is 0.846. The standard InChI is InChI=1S/C13H23NO4/c15-11-6-2-1-5-10(11)9-14-12(16)7-3-4-8-13(17)18/h10-11,15H,1-9H2,(H,14,16)(H,17,18). The van der Waals surface area contributed by atoms with Crippen molar-refractivity contribution in [2.45, 2.75) is 57.5 Å². The average molecular weight is 257 g/mol. The smallest absolute Gasteiger partial charge is 0.303 e. The molecule has 1 aliphatic rings. The first-order valence-corrected chi connectivity index (χ1v) is 6.76. The molecule has 0 bridgehead atoms. The van der Waals surface area contributed by atoms with Crippen molar-refractivity contribution in [3.63, 3.8) is 0 Å². The summed E-state index contributed by atoms with van der Waals surface area (Å²) in [7, 11) is 0. The number of aliphatic carboxylic acids is 1. The van der Waals surface area contributed by atoms with Crippen LogP contribution in [0.2, 0.25) is 0 Å². The lowest BCUT2D eigenvalue weighted by molar-refractivity contribution is -0.137. The van der Waals surface area contributed by atoms with Crippen LogP contribution in [0.25, 0.3) is 0 Å². The number of nitrogens with one attached hydrogen (secondary N) is 1. The lowest BCUT2D eigenvalue weighted by Gasteiger charge is -2.27. The van der Waals surface area contributed by atoms with E-state index in [-0.39, 0.29) is 24.3 Å². The monoisotopic (exact) mass is 257 g/mol. The van der Waals surface area contributed by atoms with Crippen LogP contribution in [-0.2, 0) is 9.59 Å². The Hall–Kier alpha value is -1.10. The van der Waals surface area contributed by atoms with Gasteiger partial charge in [-0.2, -0.15) is 0 Å². The predicted octanol–water partition coefficient (Wildman–Crippen LogP) is 1.30.